The molecule has 0 radical (unpaired) electrons. The molecular weight excluding hydrogens is 419 g/mol. The van der Waals surface area contributed by atoms with Gasteiger partial charge in [0.15, 0.2) is 0 Å². The highest BCUT2D eigenvalue weighted by atomic mass is 35.5. The molecular formula is C21H15ClF3N3O2. The summed E-state index contributed by atoms with van der Waals surface area (Å²) in [6.45, 7) is 1.80. The number of anilines is 2. The number of alkyl halides is 3. The minimum Gasteiger partial charge on any atom is -0.322 e. The molecule has 5 nitrogen and oxygen atoms in total. The van der Waals surface area contributed by atoms with Crippen LogP contribution in [0.25, 0.3) is 0 Å². The average Bonchev–Trinajstić information content (AvgIpc) is 2.70. The summed E-state index contributed by atoms with van der Waals surface area (Å²) in [4.78, 5) is 28.9. The van der Waals surface area contributed by atoms with Crippen LogP contribution in [0.2, 0.25) is 5.02 Å². The van der Waals surface area contributed by atoms with Crippen LogP contribution in [0.1, 0.15) is 31.8 Å². The average molecular weight is 434 g/mol. The van der Waals surface area contributed by atoms with Crippen molar-refractivity contribution in [2.24, 2.45) is 0 Å². The Labute approximate surface area is 174 Å². The number of carbonyl (C=O) groups is 2. The molecule has 154 valence electrons. The predicted molar refractivity (Wildman–Crippen MR) is 108 cm³/mol. The highest BCUT2D eigenvalue weighted by Gasteiger charge is 2.30. The van der Waals surface area contributed by atoms with Crippen LogP contribution in [0.4, 0.5) is 24.5 Å². The van der Waals surface area contributed by atoms with Gasteiger partial charge in [-0.05, 0) is 55.0 Å². The van der Waals surface area contributed by atoms with Crippen molar-refractivity contribution >= 4 is 34.8 Å². The van der Waals surface area contributed by atoms with E-state index in [1.807, 2.05) is 0 Å². The Morgan fingerprint density at radius 1 is 1.00 bits per heavy atom. The first-order chi connectivity index (χ1) is 14.1. The number of benzene rings is 2. The number of aryl methyl sites for hydroxylation is 1. The largest absolute Gasteiger partial charge is 0.416 e. The minimum absolute atomic E-state index is 0.0850. The summed E-state index contributed by atoms with van der Waals surface area (Å²) in [5.41, 5.74) is 0.479. The molecule has 1 heterocycles. The molecule has 0 spiro atoms. The molecule has 3 aromatic rings. The van der Waals surface area contributed by atoms with Crippen molar-refractivity contribution in [1.82, 2.24) is 4.98 Å². The molecule has 0 aliphatic carbocycles. The molecule has 2 N–H and O–H groups in total. The van der Waals surface area contributed by atoms with E-state index in [0.29, 0.717) is 5.69 Å². The number of halogens is 4. The van der Waals surface area contributed by atoms with Crippen LogP contribution in [0.5, 0.6) is 0 Å². The molecule has 0 bridgehead atoms. The summed E-state index contributed by atoms with van der Waals surface area (Å²) in [7, 11) is 0. The number of amides is 2. The Kier molecular flexibility index (Phi) is 6.07. The summed E-state index contributed by atoms with van der Waals surface area (Å²) >= 11 is 6.11. The van der Waals surface area contributed by atoms with Crippen molar-refractivity contribution in [3.05, 3.63) is 88.2 Å². The number of hydrogen-bond donors (Lipinski definition) is 2. The SMILES string of the molecule is Cc1ccncc1NC(=O)c1cc(NC(=O)c2cccc(C(F)(F)F)c2)ccc1Cl. The lowest BCUT2D eigenvalue weighted by Crippen LogP contribution is -2.16. The van der Waals surface area contributed by atoms with Crippen LogP contribution >= 0.6 is 11.6 Å². The van der Waals surface area contributed by atoms with Gasteiger partial charge in [-0.15, -0.1) is 0 Å². The second-order valence-electron chi connectivity index (χ2n) is 6.37. The normalized spacial score (nSPS) is 11.1. The number of carbonyl (C=O) groups excluding carboxylic acids is 2. The standard InChI is InChI=1S/C21H15ClF3N3O2/c1-12-7-8-26-11-18(12)28-20(30)16-10-15(5-6-17(16)22)27-19(29)13-3-2-4-14(9-13)21(23,24)25/h2-11H,1H3,(H,27,29)(H,28,30). The lowest BCUT2D eigenvalue weighted by Gasteiger charge is -2.12. The van der Waals surface area contributed by atoms with E-state index in [2.05, 4.69) is 15.6 Å². The highest BCUT2D eigenvalue weighted by molar-refractivity contribution is 6.34. The first-order valence-corrected chi connectivity index (χ1v) is 9.03. The smallest absolute Gasteiger partial charge is 0.322 e. The number of nitrogens with one attached hydrogen (secondary N) is 2. The monoisotopic (exact) mass is 433 g/mol. The first kappa shape index (κ1) is 21.3. The van der Waals surface area contributed by atoms with Gasteiger partial charge in [-0.3, -0.25) is 14.6 Å². The van der Waals surface area contributed by atoms with Crippen LogP contribution < -0.4 is 10.6 Å². The first-order valence-electron chi connectivity index (χ1n) is 8.65. The van der Waals surface area contributed by atoms with E-state index in [1.165, 1.54) is 30.5 Å². The minimum atomic E-state index is -4.56. The van der Waals surface area contributed by atoms with Gasteiger partial charge in [-0.2, -0.15) is 13.2 Å². The lowest BCUT2D eigenvalue weighted by atomic mass is 10.1. The summed E-state index contributed by atoms with van der Waals surface area (Å²) in [5, 5.41) is 5.30. The topological polar surface area (TPSA) is 71.1 Å². The third-order valence-corrected chi connectivity index (χ3v) is 4.54. The number of rotatable bonds is 4. The molecule has 0 saturated heterocycles. The number of nitrogens with zero attached hydrogens (tertiary/aromatic N) is 1. The highest BCUT2D eigenvalue weighted by Crippen LogP contribution is 2.30. The summed E-state index contributed by atoms with van der Waals surface area (Å²) < 4.78 is 38.6. The molecule has 0 aliphatic heterocycles. The fourth-order valence-corrected chi connectivity index (χ4v) is 2.80. The van der Waals surface area contributed by atoms with Gasteiger partial charge in [0.25, 0.3) is 11.8 Å². The zero-order valence-corrected chi connectivity index (χ0v) is 16.3. The summed E-state index contributed by atoms with van der Waals surface area (Å²) in [6, 6.07) is 9.96. The summed E-state index contributed by atoms with van der Waals surface area (Å²) in [6.07, 6.45) is -1.49. The van der Waals surface area contributed by atoms with Crippen molar-refractivity contribution in [2.75, 3.05) is 10.6 Å². The molecule has 2 amide bonds. The molecule has 0 atom stereocenters. The summed E-state index contributed by atoms with van der Waals surface area (Å²) in [5.74, 6) is -1.27. The van der Waals surface area contributed by atoms with Crippen molar-refractivity contribution in [2.45, 2.75) is 13.1 Å². The Bertz CT molecular complexity index is 1120. The van der Waals surface area contributed by atoms with Gasteiger partial charge in [-0.25, -0.2) is 0 Å². The van der Waals surface area contributed by atoms with Crippen molar-refractivity contribution in [3.8, 4) is 0 Å². The molecule has 9 heteroatoms. The van der Waals surface area contributed by atoms with Gasteiger partial charge < -0.3 is 10.6 Å². The second-order valence-corrected chi connectivity index (χ2v) is 6.78. The zero-order valence-electron chi connectivity index (χ0n) is 15.5. The van der Waals surface area contributed by atoms with Crippen LogP contribution in [-0.4, -0.2) is 16.8 Å². The van der Waals surface area contributed by atoms with E-state index in [0.717, 1.165) is 23.8 Å². The fourth-order valence-electron chi connectivity index (χ4n) is 2.60. The third-order valence-electron chi connectivity index (χ3n) is 4.21. The molecule has 2 aromatic carbocycles. The molecule has 30 heavy (non-hydrogen) atoms. The van der Waals surface area contributed by atoms with Crippen LogP contribution in [0, 0.1) is 6.92 Å². The van der Waals surface area contributed by atoms with Crippen molar-refractivity contribution in [1.29, 1.82) is 0 Å². The van der Waals surface area contributed by atoms with Gasteiger partial charge >= 0.3 is 6.18 Å². The Morgan fingerprint density at radius 2 is 1.77 bits per heavy atom. The van der Waals surface area contributed by atoms with Gasteiger partial charge in [0, 0.05) is 17.4 Å². The molecule has 0 unspecified atom stereocenters. The third kappa shape index (κ3) is 4.96. The number of aromatic nitrogens is 1. The maximum atomic E-state index is 12.9. The van der Waals surface area contributed by atoms with E-state index in [9.17, 15) is 22.8 Å². The van der Waals surface area contributed by atoms with E-state index in [1.54, 1.807) is 19.2 Å². The fraction of sp³-hybridized carbons (Fsp3) is 0.0952. The quantitative estimate of drug-likeness (QED) is 0.565. The van der Waals surface area contributed by atoms with Crippen LogP contribution in [-0.2, 0) is 6.18 Å². The van der Waals surface area contributed by atoms with Gasteiger partial charge in [0.05, 0.1) is 28.0 Å². The number of hydrogen-bond acceptors (Lipinski definition) is 3. The van der Waals surface area contributed by atoms with Gasteiger partial charge in [0.2, 0.25) is 0 Å². The molecule has 1 aromatic heterocycles. The molecule has 0 aliphatic rings. The Morgan fingerprint density at radius 3 is 2.47 bits per heavy atom. The maximum absolute atomic E-state index is 12.9. The molecule has 0 saturated carbocycles. The van der Waals surface area contributed by atoms with E-state index < -0.39 is 23.6 Å². The van der Waals surface area contributed by atoms with Crippen LogP contribution in [0.15, 0.2) is 60.9 Å². The van der Waals surface area contributed by atoms with Crippen LogP contribution in [0.3, 0.4) is 0 Å². The molecule has 0 fully saturated rings. The number of pyridine rings is 1. The molecule has 3 rings (SSSR count). The van der Waals surface area contributed by atoms with Crippen molar-refractivity contribution in [3.63, 3.8) is 0 Å². The maximum Gasteiger partial charge on any atom is 0.416 e. The van der Waals surface area contributed by atoms with Gasteiger partial charge in [0.1, 0.15) is 0 Å². The van der Waals surface area contributed by atoms with E-state index in [-0.39, 0.29) is 21.8 Å². The van der Waals surface area contributed by atoms with E-state index in [4.69, 9.17) is 11.6 Å². The lowest BCUT2D eigenvalue weighted by molar-refractivity contribution is -0.137. The Balaban J connectivity index is 1.81. The zero-order chi connectivity index (χ0) is 21.9. The van der Waals surface area contributed by atoms with E-state index >= 15 is 0 Å². The Hall–Kier alpha value is -3.39. The predicted octanol–water partition coefficient (Wildman–Crippen LogP) is 5.57. The van der Waals surface area contributed by atoms with Crippen molar-refractivity contribution < 1.29 is 22.8 Å². The second kappa shape index (κ2) is 8.54. The van der Waals surface area contributed by atoms with Gasteiger partial charge in [-0.1, -0.05) is 17.7 Å².